The second-order valence-corrected chi connectivity index (χ2v) is 5.40. The Hall–Kier alpha value is 0.0900. The van der Waals surface area contributed by atoms with E-state index in [2.05, 4.69) is 0 Å². The van der Waals surface area contributed by atoms with Crippen molar-refractivity contribution in [3.63, 3.8) is 0 Å². The molecule has 0 nitrogen and oxygen atoms in total. The summed E-state index contributed by atoms with van der Waals surface area (Å²) in [5, 5.41) is 1.27. The van der Waals surface area contributed by atoms with Gasteiger partial charge in [0, 0.05) is 0 Å². The van der Waals surface area contributed by atoms with Gasteiger partial charge in [-0.15, -0.1) is 11.6 Å². The van der Waals surface area contributed by atoms with E-state index < -0.39 is 0 Å². The van der Waals surface area contributed by atoms with Gasteiger partial charge in [-0.1, -0.05) is 42.1 Å². The van der Waals surface area contributed by atoms with Crippen molar-refractivity contribution in [2.75, 3.05) is 0 Å². The van der Waals surface area contributed by atoms with E-state index in [0.29, 0.717) is 16.0 Å². The second-order valence-electron chi connectivity index (χ2n) is 4.12. The summed E-state index contributed by atoms with van der Waals surface area (Å²) in [6.07, 6.45) is 5.06. The van der Waals surface area contributed by atoms with Crippen molar-refractivity contribution >= 4 is 34.8 Å². The fourth-order valence-electron chi connectivity index (χ4n) is 2.21. The van der Waals surface area contributed by atoms with E-state index in [4.69, 9.17) is 34.8 Å². The minimum absolute atomic E-state index is 0.0854. The van der Waals surface area contributed by atoms with Crippen molar-refractivity contribution in [3.8, 4) is 0 Å². The quantitative estimate of drug-likeness (QED) is 0.621. The molecule has 0 N–H and O–H groups in total. The zero-order chi connectivity index (χ0) is 10.8. The molecule has 0 aliphatic heterocycles. The number of benzene rings is 1. The molecule has 0 bridgehead atoms. The van der Waals surface area contributed by atoms with Gasteiger partial charge in [0.2, 0.25) is 0 Å². The Morgan fingerprint density at radius 1 is 1.07 bits per heavy atom. The standard InChI is InChI=1S/C12H13Cl3/c13-10-6-5-9(7-11(10)14)12(15)8-3-1-2-4-8/h5-8,12H,1-4H2. The summed E-state index contributed by atoms with van der Waals surface area (Å²) < 4.78 is 0. The zero-order valence-corrected chi connectivity index (χ0v) is 10.6. The normalized spacial score (nSPS) is 19.4. The van der Waals surface area contributed by atoms with Crippen LogP contribution in [0.5, 0.6) is 0 Å². The van der Waals surface area contributed by atoms with Crippen LogP contribution in [0.2, 0.25) is 10.0 Å². The molecular weight excluding hydrogens is 250 g/mol. The van der Waals surface area contributed by atoms with Gasteiger partial charge in [0.05, 0.1) is 15.4 Å². The Balaban J connectivity index is 2.17. The van der Waals surface area contributed by atoms with Gasteiger partial charge >= 0.3 is 0 Å². The molecule has 0 spiro atoms. The van der Waals surface area contributed by atoms with Gasteiger partial charge in [-0.25, -0.2) is 0 Å². The molecule has 3 heteroatoms. The van der Waals surface area contributed by atoms with Crippen LogP contribution in [0.15, 0.2) is 18.2 Å². The van der Waals surface area contributed by atoms with Gasteiger partial charge in [-0.2, -0.15) is 0 Å². The molecule has 82 valence electrons. The number of hydrogen-bond acceptors (Lipinski definition) is 0. The fraction of sp³-hybridized carbons (Fsp3) is 0.500. The molecule has 1 aromatic carbocycles. The Bertz CT molecular complexity index is 343. The summed E-state index contributed by atoms with van der Waals surface area (Å²) in [4.78, 5) is 0. The molecule has 1 atom stereocenters. The third-order valence-corrected chi connectivity index (χ3v) is 4.42. The van der Waals surface area contributed by atoms with Crippen LogP contribution in [0.4, 0.5) is 0 Å². The van der Waals surface area contributed by atoms with E-state index in [-0.39, 0.29) is 5.38 Å². The monoisotopic (exact) mass is 262 g/mol. The van der Waals surface area contributed by atoms with Crippen LogP contribution >= 0.6 is 34.8 Å². The minimum atomic E-state index is 0.0854. The molecule has 2 rings (SSSR count). The van der Waals surface area contributed by atoms with Crippen LogP contribution in [0.3, 0.4) is 0 Å². The number of halogens is 3. The molecule has 15 heavy (non-hydrogen) atoms. The van der Waals surface area contributed by atoms with Gasteiger partial charge in [0.1, 0.15) is 0 Å². The first-order valence-corrected chi connectivity index (χ1v) is 6.47. The van der Waals surface area contributed by atoms with E-state index in [1.807, 2.05) is 18.2 Å². The van der Waals surface area contributed by atoms with Gasteiger partial charge in [0.25, 0.3) is 0 Å². The molecule has 1 fully saturated rings. The summed E-state index contributed by atoms with van der Waals surface area (Å²) >= 11 is 18.3. The lowest BCUT2D eigenvalue weighted by Gasteiger charge is -2.17. The summed E-state index contributed by atoms with van der Waals surface area (Å²) in [5.41, 5.74) is 1.10. The lowest BCUT2D eigenvalue weighted by atomic mass is 9.97. The van der Waals surface area contributed by atoms with E-state index >= 15 is 0 Å². The first-order chi connectivity index (χ1) is 7.18. The maximum Gasteiger partial charge on any atom is 0.0613 e. The average molecular weight is 264 g/mol. The van der Waals surface area contributed by atoms with Crippen LogP contribution in [-0.4, -0.2) is 0 Å². The topological polar surface area (TPSA) is 0 Å². The van der Waals surface area contributed by atoms with E-state index in [0.717, 1.165) is 5.56 Å². The zero-order valence-electron chi connectivity index (χ0n) is 8.35. The average Bonchev–Trinajstić information content (AvgIpc) is 2.74. The summed E-state index contributed by atoms with van der Waals surface area (Å²) in [7, 11) is 0. The van der Waals surface area contributed by atoms with Crippen LogP contribution in [0.25, 0.3) is 0 Å². The Kier molecular flexibility index (Phi) is 3.82. The maximum absolute atomic E-state index is 6.44. The van der Waals surface area contributed by atoms with Crippen LogP contribution in [0, 0.1) is 5.92 Å². The molecule has 1 aliphatic rings. The predicted molar refractivity (Wildman–Crippen MR) is 67.0 cm³/mol. The highest BCUT2D eigenvalue weighted by atomic mass is 35.5. The van der Waals surface area contributed by atoms with Crippen molar-refractivity contribution in [2.24, 2.45) is 5.92 Å². The minimum Gasteiger partial charge on any atom is -0.118 e. The van der Waals surface area contributed by atoms with Crippen molar-refractivity contribution in [1.29, 1.82) is 0 Å². The smallest absolute Gasteiger partial charge is 0.0613 e. The summed E-state index contributed by atoms with van der Waals surface area (Å²) in [6.45, 7) is 0. The van der Waals surface area contributed by atoms with Crippen LogP contribution in [0.1, 0.15) is 36.6 Å². The SMILES string of the molecule is Clc1ccc(C(Cl)C2CCCC2)cc1Cl. The Morgan fingerprint density at radius 3 is 2.33 bits per heavy atom. The molecule has 0 amide bonds. The largest absolute Gasteiger partial charge is 0.118 e. The second kappa shape index (κ2) is 4.95. The Morgan fingerprint density at radius 2 is 1.73 bits per heavy atom. The lowest BCUT2D eigenvalue weighted by molar-refractivity contribution is 0.529. The molecule has 0 heterocycles. The third-order valence-electron chi connectivity index (χ3n) is 3.08. The van der Waals surface area contributed by atoms with Gasteiger partial charge in [-0.05, 0) is 36.5 Å². The molecule has 1 aliphatic carbocycles. The summed E-state index contributed by atoms with van der Waals surface area (Å²) in [5.74, 6) is 0.601. The van der Waals surface area contributed by atoms with Crippen molar-refractivity contribution < 1.29 is 0 Å². The molecule has 1 saturated carbocycles. The first-order valence-electron chi connectivity index (χ1n) is 5.27. The first kappa shape index (κ1) is 11.6. The van der Waals surface area contributed by atoms with Crippen LogP contribution in [-0.2, 0) is 0 Å². The Labute approximate surface area is 106 Å². The van der Waals surface area contributed by atoms with Gasteiger partial charge < -0.3 is 0 Å². The van der Waals surface area contributed by atoms with E-state index in [9.17, 15) is 0 Å². The van der Waals surface area contributed by atoms with E-state index in [1.54, 1.807) is 0 Å². The highest BCUT2D eigenvalue weighted by Crippen LogP contribution is 2.41. The molecule has 1 unspecified atom stereocenters. The summed E-state index contributed by atoms with van der Waals surface area (Å²) in [6, 6.07) is 5.69. The fourth-order valence-corrected chi connectivity index (χ4v) is 2.90. The van der Waals surface area contributed by atoms with Gasteiger partial charge in [-0.3, -0.25) is 0 Å². The van der Waals surface area contributed by atoms with Crippen molar-refractivity contribution in [1.82, 2.24) is 0 Å². The van der Waals surface area contributed by atoms with Crippen molar-refractivity contribution in [2.45, 2.75) is 31.1 Å². The molecule has 0 aromatic heterocycles. The maximum atomic E-state index is 6.44. The third kappa shape index (κ3) is 2.61. The molecule has 1 aromatic rings. The highest BCUT2D eigenvalue weighted by Gasteiger charge is 2.24. The van der Waals surface area contributed by atoms with E-state index in [1.165, 1.54) is 25.7 Å². The molecule has 0 radical (unpaired) electrons. The molecular formula is C12H13Cl3. The van der Waals surface area contributed by atoms with Crippen molar-refractivity contribution in [3.05, 3.63) is 33.8 Å². The lowest BCUT2D eigenvalue weighted by Crippen LogP contribution is -2.03. The number of rotatable bonds is 2. The highest BCUT2D eigenvalue weighted by molar-refractivity contribution is 6.42. The molecule has 0 saturated heterocycles. The van der Waals surface area contributed by atoms with Gasteiger partial charge in [0.15, 0.2) is 0 Å². The van der Waals surface area contributed by atoms with Crippen LogP contribution < -0.4 is 0 Å². The number of hydrogen-bond donors (Lipinski definition) is 0. The number of alkyl halides is 1. The predicted octanol–water partition coefficient (Wildman–Crippen LogP) is 5.46.